The molecule has 1 aliphatic rings. The predicted octanol–water partition coefficient (Wildman–Crippen LogP) is 2.83. The first kappa shape index (κ1) is 19.1. The summed E-state index contributed by atoms with van der Waals surface area (Å²) in [5.41, 5.74) is 0.124. The van der Waals surface area contributed by atoms with Crippen molar-refractivity contribution in [3.05, 3.63) is 18.2 Å². The summed E-state index contributed by atoms with van der Waals surface area (Å²) in [7, 11) is -3.32. The SMILES string of the molecule is CC(C)(C)C(=O)NC1CCCN(c2nc3c(S(C)(=O)=O)cccc3s2)C1. The van der Waals surface area contributed by atoms with Gasteiger partial charge in [0.25, 0.3) is 0 Å². The molecule has 0 saturated carbocycles. The number of aromatic nitrogens is 1. The Balaban J connectivity index is 1.84. The quantitative estimate of drug-likeness (QED) is 0.864. The van der Waals surface area contributed by atoms with Gasteiger partial charge < -0.3 is 10.2 Å². The largest absolute Gasteiger partial charge is 0.351 e. The number of carbonyl (C=O) groups excluding carboxylic acids is 1. The summed E-state index contributed by atoms with van der Waals surface area (Å²) in [6, 6.07) is 5.33. The van der Waals surface area contributed by atoms with Crippen LogP contribution in [0.5, 0.6) is 0 Å². The van der Waals surface area contributed by atoms with E-state index in [1.807, 2.05) is 26.8 Å². The summed E-state index contributed by atoms with van der Waals surface area (Å²) < 4.78 is 24.9. The van der Waals surface area contributed by atoms with Crippen LogP contribution in [0, 0.1) is 5.41 Å². The van der Waals surface area contributed by atoms with Crippen molar-refractivity contribution in [1.82, 2.24) is 10.3 Å². The summed E-state index contributed by atoms with van der Waals surface area (Å²) in [5, 5.41) is 3.94. The van der Waals surface area contributed by atoms with Gasteiger partial charge in [-0.2, -0.15) is 0 Å². The Morgan fingerprint density at radius 2 is 2.08 bits per heavy atom. The second kappa shape index (κ2) is 6.81. The highest BCUT2D eigenvalue weighted by molar-refractivity contribution is 7.91. The van der Waals surface area contributed by atoms with Gasteiger partial charge in [0.2, 0.25) is 5.91 Å². The molecule has 3 rings (SSSR count). The second-order valence-electron chi connectivity index (χ2n) is 7.88. The topological polar surface area (TPSA) is 79.4 Å². The minimum Gasteiger partial charge on any atom is -0.351 e. The van der Waals surface area contributed by atoms with E-state index in [9.17, 15) is 13.2 Å². The molecule has 2 heterocycles. The molecule has 2 aromatic rings. The fourth-order valence-electron chi connectivity index (χ4n) is 3.02. The van der Waals surface area contributed by atoms with Crippen LogP contribution in [0.1, 0.15) is 33.6 Å². The number of hydrogen-bond acceptors (Lipinski definition) is 6. The number of rotatable bonds is 3. The molecule has 26 heavy (non-hydrogen) atoms. The third-order valence-electron chi connectivity index (χ3n) is 4.48. The molecule has 1 aromatic heterocycles. The van der Waals surface area contributed by atoms with Crippen molar-refractivity contribution in [3.63, 3.8) is 0 Å². The third kappa shape index (κ3) is 4.01. The van der Waals surface area contributed by atoms with Crippen LogP contribution in [0.4, 0.5) is 5.13 Å². The van der Waals surface area contributed by atoms with Gasteiger partial charge in [0.15, 0.2) is 15.0 Å². The molecule has 0 aliphatic carbocycles. The summed E-state index contributed by atoms with van der Waals surface area (Å²) >= 11 is 1.50. The molecular formula is C18H25N3O3S2. The predicted molar refractivity (Wildman–Crippen MR) is 106 cm³/mol. The molecule has 1 fully saturated rings. The number of sulfone groups is 1. The fraction of sp³-hybridized carbons (Fsp3) is 0.556. The molecule has 6 nitrogen and oxygen atoms in total. The number of carbonyl (C=O) groups is 1. The number of para-hydroxylation sites is 1. The van der Waals surface area contributed by atoms with Crippen molar-refractivity contribution >= 4 is 42.4 Å². The van der Waals surface area contributed by atoms with E-state index in [4.69, 9.17) is 0 Å². The van der Waals surface area contributed by atoms with Crippen molar-refractivity contribution in [2.24, 2.45) is 5.41 Å². The number of benzene rings is 1. The number of amides is 1. The monoisotopic (exact) mass is 395 g/mol. The maximum atomic E-state index is 12.3. The summed E-state index contributed by atoms with van der Waals surface area (Å²) in [6.07, 6.45) is 3.11. The van der Waals surface area contributed by atoms with Crippen LogP contribution in [0.25, 0.3) is 10.2 Å². The maximum absolute atomic E-state index is 12.3. The van der Waals surface area contributed by atoms with Crippen LogP contribution in [0.15, 0.2) is 23.1 Å². The molecule has 0 spiro atoms. The molecule has 0 bridgehead atoms. The van der Waals surface area contributed by atoms with Crippen LogP contribution < -0.4 is 10.2 Å². The van der Waals surface area contributed by atoms with Crippen molar-refractivity contribution in [1.29, 1.82) is 0 Å². The molecule has 8 heteroatoms. The Kier molecular flexibility index (Phi) is 5.00. The van der Waals surface area contributed by atoms with Crippen LogP contribution >= 0.6 is 11.3 Å². The number of fused-ring (bicyclic) bond motifs is 1. The zero-order valence-electron chi connectivity index (χ0n) is 15.6. The standard InChI is InChI=1S/C18H25N3O3S2/c1-18(2,3)16(22)19-12-7-6-10-21(11-12)17-20-15-13(25-17)8-5-9-14(15)26(4,23)24/h5,8-9,12H,6-7,10-11H2,1-4H3,(H,19,22). The Bertz CT molecular complexity index is 929. The second-order valence-corrected chi connectivity index (χ2v) is 10.9. The summed E-state index contributed by atoms with van der Waals surface area (Å²) in [5.74, 6) is 0.0491. The van der Waals surface area contributed by atoms with Gasteiger partial charge in [-0.25, -0.2) is 13.4 Å². The number of piperidine rings is 1. The lowest BCUT2D eigenvalue weighted by molar-refractivity contribution is -0.129. The average molecular weight is 396 g/mol. The van der Waals surface area contributed by atoms with Gasteiger partial charge in [0.1, 0.15) is 5.52 Å². The lowest BCUT2D eigenvalue weighted by atomic mass is 9.94. The molecule has 1 aromatic carbocycles. The van der Waals surface area contributed by atoms with Gasteiger partial charge in [-0.3, -0.25) is 4.79 Å². The number of anilines is 1. The molecule has 142 valence electrons. The van der Waals surface area contributed by atoms with E-state index in [1.165, 1.54) is 17.6 Å². The van der Waals surface area contributed by atoms with E-state index in [-0.39, 0.29) is 16.8 Å². The first-order chi connectivity index (χ1) is 12.1. The summed E-state index contributed by atoms with van der Waals surface area (Å²) in [4.78, 5) is 19.3. The molecule has 1 N–H and O–H groups in total. The van der Waals surface area contributed by atoms with Gasteiger partial charge in [0, 0.05) is 30.8 Å². The third-order valence-corrected chi connectivity index (χ3v) is 6.69. The van der Waals surface area contributed by atoms with Crippen molar-refractivity contribution in [2.45, 2.75) is 44.6 Å². The van der Waals surface area contributed by atoms with E-state index >= 15 is 0 Å². The van der Waals surface area contributed by atoms with Gasteiger partial charge in [0.05, 0.1) is 9.60 Å². The Hall–Kier alpha value is -1.67. The molecule has 1 atom stereocenters. The van der Waals surface area contributed by atoms with Crippen LogP contribution in [-0.2, 0) is 14.6 Å². The highest BCUT2D eigenvalue weighted by atomic mass is 32.2. The maximum Gasteiger partial charge on any atom is 0.225 e. The molecule has 1 unspecified atom stereocenters. The first-order valence-electron chi connectivity index (χ1n) is 8.71. The van der Waals surface area contributed by atoms with Crippen molar-refractivity contribution < 1.29 is 13.2 Å². The van der Waals surface area contributed by atoms with E-state index in [0.717, 1.165) is 29.2 Å². The van der Waals surface area contributed by atoms with Crippen molar-refractivity contribution in [3.8, 4) is 0 Å². The van der Waals surface area contributed by atoms with Gasteiger partial charge in [-0.15, -0.1) is 0 Å². The lowest BCUT2D eigenvalue weighted by Gasteiger charge is -2.34. The molecule has 0 radical (unpaired) electrons. The molecular weight excluding hydrogens is 370 g/mol. The number of nitrogens with one attached hydrogen (secondary N) is 1. The number of hydrogen-bond donors (Lipinski definition) is 1. The van der Waals surface area contributed by atoms with Gasteiger partial charge in [-0.1, -0.05) is 38.2 Å². The van der Waals surface area contributed by atoms with E-state index in [0.29, 0.717) is 12.1 Å². The summed E-state index contributed by atoms with van der Waals surface area (Å²) in [6.45, 7) is 7.27. The zero-order chi connectivity index (χ0) is 19.1. The fourth-order valence-corrected chi connectivity index (χ4v) is 4.94. The first-order valence-corrected chi connectivity index (χ1v) is 11.4. The van der Waals surface area contributed by atoms with Crippen molar-refractivity contribution in [2.75, 3.05) is 24.2 Å². The van der Waals surface area contributed by atoms with Gasteiger partial charge >= 0.3 is 0 Å². The van der Waals surface area contributed by atoms with E-state index in [2.05, 4.69) is 15.2 Å². The highest BCUT2D eigenvalue weighted by Gasteiger charge is 2.28. The van der Waals surface area contributed by atoms with Crippen LogP contribution in [0.2, 0.25) is 0 Å². The lowest BCUT2D eigenvalue weighted by Crippen LogP contribution is -2.50. The Morgan fingerprint density at radius 1 is 1.35 bits per heavy atom. The zero-order valence-corrected chi connectivity index (χ0v) is 17.2. The van der Waals surface area contributed by atoms with Gasteiger partial charge in [-0.05, 0) is 25.0 Å². The highest BCUT2D eigenvalue weighted by Crippen LogP contribution is 2.33. The number of nitrogens with zero attached hydrogens (tertiary/aromatic N) is 2. The molecule has 1 aliphatic heterocycles. The molecule has 1 amide bonds. The van der Waals surface area contributed by atoms with Crippen LogP contribution in [-0.4, -0.2) is 44.7 Å². The normalized spacial score (nSPS) is 18.9. The van der Waals surface area contributed by atoms with Crippen LogP contribution in [0.3, 0.4) is 0 Å². The van der Waals surface area contributed by atoms with E-state index in [1.54, 1.807) is 12.1 Å². The minimum absolute atomic E-state index is 0.0491. The molecule has 1 saturated heterocycles. The van der Waals surface area contributed by atoms with E-state index < -0.39 is 15.3 Å². The Morgan fingerprint density at radius 3 is 2.73 bits per heavy atom. The number of thiazole rings is 1. The minimum atomic E-state index is -3.32. The Labute approximate surface area is 158 Å². The smallest absolute Gasteiger partial charge is 0.225 e. The average Bonchev–Trinajstić information content (AvgIpc) is 2.97.